The summed E-state index contributed by atoms with van der Waals surface area (Å²) < 4.78 is 13.1. The van der Waals surface area contributed by atoms with Crippen molar-refractivity contribution in [3.63, 3.8) is 0 Å². The van der Waals surface area contributed by atoms with Crippen molar-refractivity contribution < 1.29 is 9.47 Å². The SMILES string of the molecule is CO[C@H]1CCOc2c(C(C)(C)C)cnn2C1. The second kappa shape index (κ2) is 4.09. The lowest BCUT2D eigenvalue weighted by Gasteiger charge is -2.18. The highest BCUT2D eigenvalue weighted by atomic mass is 16.5. The third-order valence-corrected chi connectivity index (χ3v) is 2.99. The summed E-state index contributed by atoms with van der Waals surface area (Å²) in [6.45, 7) is 8.00. The molecule has 4 heteroatoms. The summed E-state index contributed by atoms with van der Waals surface area (Å²) in [7, 11) is 1.74. The summed E-state index contributed by atoms with van der Waals surface area (Å²) in [4.78, 5) is 0. The first-order chi connectivity index (χ1) is 7.52. The van der Waals surface area contributed by atoms with Gasteiger partial charge in [-0.3, -0.25) is 0 Å². The Bertz CT molecular complexity index is 366. The molecule has 1 atom stereocenters. The second-order valence-electron chi connectivity index (χ2n) is 5.29. The van der Waals surface area contributed by atoms with Crippen LogP contribution < -0.4 is 4.74 Å². The monoisotopic (exact) mass is 224 g/mol. The van der Waals surface area contributed by atoms with Crippen LogP contribution in [0.3, 0.4) is 0 Å². The molecule has 2 heterocycles. The Labute approximate surface area is 96.5 Å². The van der Waals surface area contributed by atoms with E-state index >= 15 is 0 Å². The minimum absolute atomic E-state index is 0.0699. The van der Waals surface area contributed by atoms with Crippen LogP contribution in [0.2, 0.25) is 0 Å². The van der Waals surface area contributed by atoms with Gasteiger partial charge in [0.2, 0.25) is 5.88 Å². The molecule has 0 N–H and O–H groups in total. The van der Waals surface area contributed by atoms with Crippen LogP contribution >= 0.6 is 0 Å². The average molecular weight is 224 g/mol. The standard InChI is InChI=1S/C12H20N2O2/c1-12(2,3)10-7-13-14-8-9(15-4)5-6-16-11(10)14/h7,9H,5-6,8H2,1-4H3/t9-/m0/s1. The average Bonchev–Trinajstić information content (AvgIpc) is 2.49. The smallest absolute Gasteiger partial charge is 0.215 e. The van der Waals surface area contributed by atoms with Gasteiger partial charge in [0.25, 0.3) is 0 Å². The zero-order valence-electron chi connectivity index (χ0n) is 10.5. The molecule has 2 rings (SSSR count). The maximum atomic E-state index is 5.80. The van der Waals surface area contributed by atoms with Crippen molar-refractivity contribution in [3.8, 4) is 5.88 Å². The normalized spacial score (nSPS) is 21.1. The van der Waals surface area contributed by atoms with Gasteiger partial charge in [-0.2, -0.15) is 5.10 Å². The quantitative estimate of drug-likeness (QED) is 0.732. The molecule has 0 amide bonds. The van der Waals surface area contributed by atoms with Gasteiger partial charge in [-0.1, -0.05) is 20.8 Å². The van der Waals surface area contributed by atoms with Gasteiger partial charge < -0.3 is 9.47 Å². The number of methoxy groups -OCH3 is 1. The van der Waals surface area contributed by atoms with Crippen molar-refractivity contribution in [2.24, 2.45) is 0 Å². The molecule has 1 aromatic rings. The van der Waals surface area contributed by atoms with E-state index in [4.69, 9.17) is 9.47 Å². The molecular formula is C12H20N2O2. The van der Waals surface area contributed by atoms with E-state index in [1.807, 2.05) is 10.9 Å². The molecule has 1 aliphatic heterocycles. The van der Waals surface area contributed by atoms with Gasteiger partial charge in [-0.05, 0) is 5.41 Å². The molecule has 0 fully saturated rings. The molecule has 0 aliphatic carbocycles. The van der Waals surface area contributed by atoms with Crippen LogP contribution in [0, 0.1) is 0 Å². The number of fused-ring (bicyclic) bond motifs is 1. The number of ether oxygens (including phenoxy) is 2. The van der Waals surface area contributed by atoms with Crippen molar-refractivity contribution >= 4 is 0 Å². The molecule has 0 saturated heterocycles. The Morgan fingerprint density at radius 3 is 2.88 bits per heavy atom. The number of aromatic nitrogens is 2. The summed E-state index contributed by atoms with van der Waals surface area (Å²) in [5.74, 6) is 0.909. The zero-order chi connectivity index (χ0) is 11.8. The van der Waals surface area contributed by atoms with Crippen molar-refractivity contribution in [2.75, 3.05) is 13.7 Å². The molecule has 0 unspecified atom stereocenters. The third kappa shape index (κ3) is 2.07. The minimum Gasteiger partial charge on any atom is -0.478 e. The Balaban J connectivity index is 2.32. The van der Waals surface area contributed by atoms with Crippen LogP contribution in [-0.4, -0.2) is 29.6 Å². The fourth-order valence-electron chi connectivity index (χ4n) is 1.93. The van der Waals surface area contributed by atoms with Crippen molar-refractivity contribution in [1.82, 2.24) is 9.78 Å². The van der Waals surface area contributed by atoms with Gasteiger partial charge in [0.1, 0.15) is 0 Å². The van der Waals surface area contributed by atoms with Crippen LogP contribution in [0.15, 0.2) is 6.20 Å². The van der Waals surface area contributed by atoms with Crippen molar-refractivity contribution in [2.45, 2.75) is 45.3 Å². The molecule has 90 valence electrons. The summed E-state index contributed by atoms with van der Waals surface area (Å²) in [6.07, 6.45) is 3.03. The van der Waals surface area contributed by atoms with Gasteiger partial charge in [-0.25, -0.2) is 4.68 Å². The van der Waals surface area contributed by atoms with E-state index in [9.17, 15) is 0 Å². The lowest BCUT2D eigenvalue weighted by molar-refractivity contribution is 0.0775. The van der Waals surface area contributed by atoms with Gasteiger partial charge in [-0.15, -0.1) is 0 Å². The summed E-state index contributed by atoms with van der Waals surface area (Å²) in [5, 5.41) is 4.39. The van der Waals surface area contributed by atoms with Crippen molar-refractivity contribution in [3.05, 3.63) is 11.8 Å². The van der Waals surface area contributed by atoms with E-state index < -0.39 is 0 Å². The number of hydrogen-bond acceptors (Lipinski definition) is 3. The Morgan fingerprint density at radius 2 is 2.25 bits per heavy atom. The number of rotatable bonds is 1. The second-order valence-corrected chi connectivity index (χ2v) is 5.29. The highest BCUT2D eigenvalue weighted by Gasteiger charge is 2.26. The van der Waals surface area contributed by atoms with Gasteiger partial charge in [0.05, 0.1) is 25.5 Å². The van der Waals surface area contributed by atoms with E-state index in [1.54, 1.807) is 7.11 Å². The van der Waals surface area contributed by atoms with E-state index in [-0.39, 0.29) is 11.5 Å². The van der Waals surface area contributed by atoms with Crippen LogP contribution in [0.4, 0.5) is 0 Å². The highest BCUT2D eigenvalue weighted by molar-refractivity contribution is 5.31. The Morgan fingerprint density at radius 1 is 1.50 bits per heavy atom. The molecule has 0 bridgehead atoms. The van der Waals surface area contributed by atoms with E-state index in [1.165, 1.54) is 5.56 Å². The predicted molar refractivity (Wildman–Crippen MR) is 61.8 cm³/mol. The van der Waals surface area contributed by atoms with E-state index in [0.717, 1.165) is 18.8 Å². The van der Waals surface area contributed by atoms with Gasteiger partial charge in [0, 0.05) is 19.1 Å². The molecule has 16 heavy (non-hydrogen) atoms. The Kier molecular flexibility index (Phi) is 2.93. The van der Waals surface area contributed by atoms with Crippen LogP contribution in [0.25, 0.3) is 0 Å². The van der Waals surface area contributed by atoms with E-state index in [2.05, 4.69) is 25.9 Å². The highest BCUT2D eigenvalue weighted by Crippen LogP contribution is 2.32. The fourth-order valence-corrected chi connectivity index (χ4v) is 1.93. The van der Waals surface area contributed by atoms with E-state index in [0.29, 0.717) is 6.61 Å². The topological polar surface area (TPSA) is 36.3 Å². The summed E-state index contributed by atoms with van der Waals surface area (Å²) in [5.41, 5.74) is 1.24. The molecule has 0 radical (unpaired) electrons. The number of hydrogen-bond donors (Lipinski definition) is 0. The number of nitrogens with zero attached hydrogens (tertiary/aromatic N) is 2. The molecule has 1 aliphatic rings. The molecule has 1 aromatic heterocycles. The lowest BCUT2D eigenvalue weighted by atomic mass is 9.89. The molecule has 0 saturated carbocycles. The van der Waals surface area contributed by atoms with Crippen LogP contribution in [-0.2, 0) is 16.7 Å². The molecular weight excluding hydrogens is 204 g/mol. The summed E-state index contributed by atoms with van der Waals surface area (Å²) >= 11 is 0. The fraction of sp³-hybridized carbons (Fsp3) is 0.750. The lowest BCUT2D eigenvalue weighted by Crippen LogP contribution is -2.17. The first-order valence-electron chi connectivity index (χ1n) is 5.74. The van der Waals surface area contributed by atoms with Crippen LogP contribution in [0.5, 0.6) is 5.88 Å². The molecule has 0 spiro atoms. The first kappa shape index (κ1) is 11.5. The van der Waals surface area contributed by atoms with Crippen LogP contribution in [0.1, 0.15) is 32.8 Å². The molecule has 4 nitrogen and oxygen atoms in total. The zero-order valence-corrected chi connectivity index (χ0v) is 10.5. The van der Waals surface area contributed by atoms with Gasteiger partial charge >= 0.3 is 0 Å². The predicted octanol–water partition coefficient (Wildman–Crippen LogP) is 1.98. The Hall–Kier alpha value is -1.03. The summed E-state index contributed by atoms with van der Waals surface area (Å²) in [6, 6.07) is 0. The maximum Gasteiger partial charge on any atom is 0.215 e. The third-order valence-electron chi connectivity index (χ3n) is 2.99. The van der Waals surface area contributed by atoms with Crippen molar-refractivity contribution in [1.29, 1.82) is 0 Å². The maximum absolute atomic E-state index is 5.80. The minimum atomic E-state index is 0.0699. The molecule has 0 aromatic carbocycles. The van der Waals surface area contributed by atoms with Gasteiger partial charge in [0.15, 0.2) is 0 Å². The largest absolute Gasteiger partial charge is 0.478 e. The first-order valence-corrected chi connectivity index (χ1v) is 5.74.